The zero-order valence-electron chi connectivity index (χ0n) is 15.4. The summed E-state index contributed by atoms with van der Waals surface area (Å²) < 4.78 is 39.0. The van der Waals surface area contributed by atoms with E-state index in [1.807, 2.05) is 18.5 Å². The van der Waals surface area contributed by atoms with E-state index in [2.05, 4.69) is 38.2 Å². The summed E-state index contributed by atoms with van der Waals surface area (Å²) in [5.74, 6) is -1.54. The predicted octanol–water partition coefficient (Wildman–Crippen LogP) is 6.05. The summed E-state index contributed by atoms with van der Waals surface area (Å²) >= 11 is 3.32. The van der Waals surface area contributed by atoms with E-state index in [1.165, 1.54) is 0 Å². The summed E-state index contributed by atoms with van der Waals surface area (Å²) in [6, 6.07) is 6.15. The highest BCUT2D eigenvalue weighted by Gasteiger charge is 2.38. The largest absolute Gasteiger partial charge is 0.490 e. The fourth-order valence-electron chi connectivity index (χ4n) is 2.90. The minimum Gasteiger partial charge on any atom is -0.475 e. The maximum Gasteiger partial charge on any atom is 0.490 e. The summed E-state index contributed by atoms with van der Waals surface area (Å²) in [4.78, 5) is 17.4. The molecule has 0 radical (unpaired) electrons. The second kappa shape index (κ2) is 8.00. The maximum atomic E-state index is 10.6. The first-order chi connectivity index (χ1) is 14.8. The van der Waals surface area contributed by atoms with Crippen LogP contribution in [0.15, 0.2) is 57.3 Å². The van der Waals surface area contributed by atoms with Crippen LogP contribution in [-0.4, -0.2) is 27.2 Å². The van der Waals surface area contributed by atoms with Gasteiger partial charge in [0.15, 0.2) is 11.4 Å². The third-order valence-electron chi connectivity index (χ3n) is 4.31. The van der Waals surface area contributed by atoms with Gasteiger partial charge in [0.25, 0.3) is 0 Å². The van der Waals surface area contributed by atoms with Crippen LogP contribution in [-0.2, 0) is 4.79 Å². The van der Waals surface area contributed by atoms with Crippen molar-refractivity contribution in [3.8, 4) is 22.5 Å². The number of thiophene rings is 2. The molecule has 0 aliphatic rings. The number of nitrogens with two attached hydrogens (primary N) is 1. The van der Waals surface area contributed by atoms with E-state index < -0.39 is 12.1 Å². The minimum absolute atomic E-state index is 0.413. The number of alkyl halides is 3. The summed E-state index contributed by atoms with van der Waals surface area (Å²) in [5, 5.41) is 15.5. The lowest BCUT2D eigenvalue weighted by Crippen LogP contribution is -2.21. The second-order valence-electron chi connectivity index (χ2n) is 6.25. The number of carboxylic acid groups (broad SMARTS) is 1. The highest BCUT2D eigenvalue weighted by molar-refractivity contribution is 7.17. The number of fused-ring (bicyclic) bond motifs is 2. The Balaban J connectivity index is 0.000000289. The van der Waals surface area contributed by atoms with Crippen LogP contribution in [0.4, 0.5) is 19.0 Å². The number of aromatic nitrogens is 2. The number of nitrogen functional groups attached to an aromatic ring is 1. The fraction of sp³-hybridized carbons (Fsp3) is 0.0500. The van der Waals surface area contributed by atoms with Crippen LogP contribution in [0, 0.1) is 0 Å². The molecule has 0 saturated heterocycles. The van der Waals surface area contributed by atoms with Gasteiger partial charge in [0.05, 0.1) is 4.70 Å². The molecule has 31 heavy (non-hydrogen) atoms. The molecule has 11 heteroatoms. The number of carboxylic acids is 1. The molecule has 0 aliphatic carbocycles. The highest BCUT2D eigenvalue weighted by atomic mass is 32.1. The molecule has 0 aromatic carbocycles. The molecule has 0 bridgehead atoms. The molecule has 0 amide bonds. The van der Waals surface area contributed by atoms with Gasteiger partial charge in [0.2, 0.25) is 0 Å². The van der Waals surface area contributed by atoms with Gasteiger partial charge in [-0.15, -0.1) is 11.3 Å². The van der Waals surface area contributed by atoms with Crippen LogP contribution in [0.3, 0.4) is 0 Å². The Kier molecular flexibility index (Phi) is 5.38. The molecule has 0 atom stereocenters. The lowest BCUT2D eigenvalue weighted by molar-refractivity contribution is -0.192. The standard InChI is InChI=1S/C18H11N3OS2.C2HF3O2/c19-18-17-12(13(6-21-18)10-2-4-23-8-10)5-15(22-17)14-9-24-16-7-20-3-1-11(14)16;3-2(4,5)1(6)7/h1-9H,(H2,19,21);(H,6,7). The van der Waals surface area contributed by atoms with Gasteiger partial charge in [-0.3, -0.25) is 4.98 Å². The van der Waals surface area contributed by atoms with E-state index in [9.17, 15) is 13.2 Å². The number of furan rings is 1. The average molecular weight is 463 g/mol. The molecule has 0 aliphatic heterocycles. The van der Waals surface area contributed by atoms with Crippen molar-refractivity contribution in [1.82, 2.24) is 9.97 Å². The van der Waals surface area contributed by atoms with Crippen molar-refractivity contribution in [2.45, 2.75) is 6.18 Å². The number of rotatable bonds is 2. The molecule has 0 spiro atoms. The van der Waals surface area contributed by atoms with Gasteiger partial charge in [0.1, 0.15) is 5.76 Å². The Morgan fingerprint density at radius 3 is 2.58 bits per heavy atom. The Bertz CT molecular complexity index is 1380. The van der Waals surface area contributed by atoms with Crippen molar-refractivity contribution < 1.29 is 27.5 Å². The van der Waals surface area contributed by atoms with Gasteiger partial charge >= 0.3 is 12.1 Å². The summed E-state index contributed by atoms with van der Waals surface area (Å²) in [6.45, 7) is 0. The molecule has 6 nitrogen and oxygen atoms in total. The summed E-state index contributed by atoms with van der Waals surface area (Å²) in [5.41, 5.74) is 9.92. The number of nitrogens with zero attached hydrogens (tertiary/aromatic N) is 2. The molecule has 0 fully saturated rings. The molecule has 0 unspecified atom stereocenters. The monoisotopic (exact) mass is 463 g/mol. The number of anilines is 1. The molecule has 5 aromatic heterocycles. The Morgan fingerprint density at radius 1 is 1.13 bits per heavy atom. The zero-order valence-corrected chi connectivity index (χ0v) is 17.0. The van der Waals surface area contributed by atoms with Crippen molar-refractivity contribution in [1.29, 1.82) is 0 Å². The minimum atomic E-state index is -5.08. The zero-order chi connectivity index (χ0) is 22.2. The van der Waals surface area contributed by atoms with Crippen molar-refractivity contribution in [2.75, 3.05) is 5.73 Å². The van der Waals surface area contributed by atoms with E-state index in [-0.39, 0.29) is 0 Å². The maximum absolute atomic E-state index is 10.6. The van der Waals surface area contributed by atoms with Crippen LogP contribution in [0.25, 0.3) is 43.5 Å². The van der Waals surface area contributed by atoms with Gasteiger partial charge in [-0.05, 0) is 34.5 Å². The molecule has 5 rings (SSSR count). The van der Waals surface area contributed by atoms with Crippen molar-refractivity contribution >= 4 is 55.5 Å². The Morgan fingerprint density at radius 2 is 1.90 bits per heavy atom. The normalized spacial score (nSPS) is 11.5. The molecular weight excluding hydrogens is 451 g/mol. The van der Waals surface area contributed by atoms with Crippen molar-refractivity contribution in [2.24, 2.45) is 0 Å². The van der Waals surface area contributed by atoms with Crippen LogP contribution >= 0.6 is 22.7 Å². The Hall–Kier alpha value is -3.44. The Labute approximate surface area is 180 Å². The van der Waals surface area contributed by atoms with Gasteiger partial charge in [-0.25, -0.2) is 9.78 Å². The number of halogens is 3. The smallest absolute Gasteiger partial charge is 0.475 e. The van der Waals surface area contributed by atoms with Crippen molar-refractivity contribution in [3.63, 3.8) is 0 Å². The first kappa shape index (κ1) is 20.8. The number of aliphatic carboxylic acids is 1. The first-order valence-corrected chi connectivity index (χ1v) is 10.4. The van der Waals surface area contributed by atoms with Crippen LogP contribution in [0.2, 0.25) is 0 Å². The quantitative estimate of drug-likeness (QED) is 0.330. The van der Waals surface area contributed by atoms with E-state index >= 15 is 0 Å². The fourth-order valence-corrected chi connectivity index (χ4v) is 4.47. The van der Waals surface area contributed by atoms with E-state index in [0.29, 0.717) is 11.4 Å². The predicted molar refractivity (Wildman–Crippen MR) is 114 cm³/mol. The lowest BCUT2D eigenvalue weighted by atomic mass is 10.1. The van der Waals surface area contributed by atoms with E-state index in [1.54, 1.807) is 28.9 Å². The second-order valence-corrected chi connectivity index (χ2v) is 7.94. The highest BCUT2D eigenvalue weighted by Crippen LogP contribution is 2.40. The van der Waals surface area contributed by atoms with E-state index in [0.717, 1.165) is 37.9 Å². The SMILES string of the molecule is Nc1ncc(-c2ccsc2)c2cc(-c3csc4cnccc34)oc12.O=C(O)C(F)(F)F. The van der Waals surface area contributed by atoms with Crippen LogP contribution in [0.5, 0.6) is 0 Å². The van der Waals surface area contributed by atoms with Gasteiger partial charge in [0, 0.05) is 45.9 Å². The van der Waals surface area contributed by atoms with E-state index in [4.69, 9.17) is 20.1 Å². The molecule has 5 aromatic rings. The molecule has 0 saturated carbocycles. The number of pyridine rings is 2. The summed E-state index contributed by atoms with van der Waals surface area (Å²) in [7, 11) is 0. The molecule has 158 valence electrons. The third kappa shape index (κ3) is 4.09. The summed E-state index contributed by atoms with van der Waals surface area (Å²) in [6.07, 6.45) is 0.404. The van der Waals surface area contributed by atoms with Gasteiger partial charge in [-0.1, -0.05) is 0 Å². The van der Waals surface area contributed by atoms with Crippen molar-refractivity contribution in [3.05, 3.63) is 52.9 Å². The first-order valence-electron chi connectivity index (χ1n) is 8.58. The average Bonchev–Trinajstić information content (AvgIpc) is 3.47. The van der Waals surface area contributed by atoms with Gasteiger partial charge in [-0.2, -0.15) is 24.5 Å². The lowest BCUT2D eigenvalue weighted by Gasteiger charge is -2.00. The molecule has 5 heterocycles. The molecule has 3 N–H and O–H groups in total. The molecular formula is C20H12F3N3O3S2. The number of hydrogen-bond acceptors (Lipinski definition) is 7. The number of carbonyl (C=O) groups is 1. The van der Waals surface area contributed by atoms with Crippen LogP contribution < -0.4 is 5.73 Å². The topological polar surface area (TPSA) is 102 Å². The third-order valence-corrected chi connectivity index (χ3v) is 5.92. The van der Waals surface area contributed by atoms with Crippen LogP contribution in [0.1, 0.15) is 0 Å². The van der Waals surface area contributed by atoms with Gasteiger partial charge < -0.3 is 15.3 Å². The number of hydrogen-bond donors (Lipinski definition) is 2.